The zero-order valence-electron chi connectivity index (χ0n) is 28.6. The van der Waals surface area contributed by atoms with Crippen LogP contribution in [0, 0.1) is 0 Å². The number of nitrogen functional groups attached to an aromatic ring is 2. The number of hydrogen-bond donors (Lipinski definition) is 10. The van der Waals surface area contributed by atoms with Crippen LogP contribution in [0.4, 0.5) is 11.6 Å². The lowest BCUT2D eigenvalue weighted by Gasteiger charge is -2.21. The van der Waals surface area contributed by atoms with Crippen molar-refractivity contribution in [3.05, 3.63) is 12.7 Å². The smallest absolute Gasteiger partial charge is 0.387 e. The van der Waals surface area contributed by atoms with Gasteiger partial charge in [-0.3, -0.25) is 18.2 Å². The molecule has 29 nitrogen and oxygen atoms in total. The third-order valence-electron chi connectivity index (χ3n) is 7.87. The highest BCUT2D eigenvalue weighted by Crippen LogP contribution is 2.71. The maximum atomic E-state index is 12.5. The fraction of sp³-hybridized carbons (Fsp3) is 0.545. The predicted molar refractivity (Wildman–Crippen MR) is 189 cm³/mol. The number of imidazole rings is 2. The molecule has 0 aromatic carbocycles. The number of hydrogen-bond acceptors (Lipinski definition) is 25. The lowest BCUT2D eigenvalue weighted by Crippen LogP contribution is -2.33. The summed E-state index contributed by atoms with van der Waals surface area (Å²) in [5, 5.41) is 42.8. The summed E-state index contributed by atoms with van der Waals surface area (Å²) in [5.41, 5.74) is 12.2. The first kappa shape index (κ1) is 44.3. The molecule has 316 valence electrons. The molecule has 57 heavy (non-hydrogen) atoms. The van der Waals surface area contributed by atoms with E-state index in [9.17, 15) is 58.3 Å². The number of thioether (sulfide) groups is 2. The van der Waals surface area contributed by atoms with Crippen molar-refractivity contribution in [1.29, 1.82) is 0 Å². The Morgan fingerprint density at radius 2 is 0.982 bits per heavy atom. The first-order chi connectivity index (χ1) is 26.5. The first-order valence-electron chi connectivity index (χ1n) is 15.4. The molecule has 4 unspecified atom stereocenters. The van der Waals surface area contributed by atoms with Crippen LogP contribution in [0.25, 0.3) is 22.3 Å². The van der Waals surface area contributed by atoms with Crippen LogP contribution in [0.3, 0.4) is 0 Å². The Morgan fingerprint density at radius 1 is 0.632 bits per heavy atom. The first-order valence-corrected chi connectivity index (χ1v) is 23.8. The summed E-state index contributed by atoms with van der Waals surface area (Å²) in [4.78, 5) is 64.6. The molecule has 4 aromatic rings. The summed E-state index contributed by atoms with van der Waals surface area (Å²) in [5.74, 6) is -0.00220. The van der Waals surface area contributed by atoms with Crippen molar-refractivity contribution < 1.29 is 89.7 Å². The van der Waals surface area contributed by atoms with Crippen LogP contribution in [-0.2, 0) is 49.7 Å². The van der Waals surface area contributed by atoms with Crippen LogP contribution in [0.1, 0.15) is 12.5 Å². The summed E-state index contributed by atoms with van der Waals surface area (Å²) < 4.78 is 84.2. The molecule has 2 fully saturated rings. The Bertz CT molecular complexity index is 2190. The van der Waals surface area contributed by atoms with Gasteiger partial charge in [-0.15, -0.1) is 0 Å². The number of nitrogens with zero attached hydrogens (tertiary/aromatic N) is 8. The predicted octanol–water partition coefficient (Wildman–Crippen LogP) is -1.00. The molecule has 12 atom stereocenters. The lowest BCUT2D eigenvalue weighted by molar-refractivity contribution is -0.0505. The van der Waals surface area contributed by atoms with E-state index >= 15 is 0 Å². The van der Waals surface area contributed by atoms with Crippen LogP contribution in [0.2, 0.25) is 0 Å². The number of rotatable bonds is 16. The number of nitrogens with two attached hydrogens (primary N) is 2. The van der Waals surface area contributed by atoms with Crippen molar-refractivity contribution in [3.8, 4) is 0 Å². The van der Waals surface area contributed by atoms with E-state index in [0.717, 1.165) is 23.5 Å². The Hall–Kier alpha value is -2.28. The van der Waals surface area contributed by atoms with Crippen LogP contribution in [0.5, 0.6) is 0 Å². The van der Waals surface area contributed by atoms with Gasteiger partial charge in [-0.25, -0.2) is 48.2 Å². The summed E-state index contributed by atoms with van der Waals surface area (Å²) in [6.45, 7) is -2.23. The lowest BCUT2D eigenvalue weighted by atomic mass is 10.1. The minimum atomic E-state index is -6.21. The second-order valence-corrected chi connectivity index (χ2v) is 19.4. The molecular weight excluding hydrogens is 896 g/mol. The monoisotopic (exact) mass is 928 g/mol. The normalized spacial score (nSPS) is 29.6. The number of phosphoric acid groups is 4. The van der Waals surface area contributed by atoms with E-state index in [0.29, 0.717) is 0 Å². The number of fused-ring (bicyclic) bond motifs is 2. The van der Waals surface area contributed by atoms with Crippen LogP contribution in [-0.4, -0.2) is 141 Å². The van der Waals surface area contributed by atoms with Crippen molar-refractivity contribution in [2.45, 2.75) is 59.4 Å². The number of phosphoric ester groups is 2. The SMILES string of the molecule is CSc1nc(N)c2ncn([C@@H]3O[C@H](COP(=O)(O)OP(=O)(O)OP(=O)(O)OP(=O)(O)OC[C@H]4O[C@@H](n5cnc6c(N)nc(SC)nc65)[C@H](O)[C@@H]4O)[C@@H](O)[C@H]3O)c2n1. The quantitative estimate of drug-likeness (QED) is 0.0366. The standard InChI is InChI=1S/C22H32N10O19P4S2/c1-56-21-27-15(23)9-17(29-21)31(5-25-9)19-13(35)11(33)7(47-19)3-45-52(37,38)49-54(41,42)51-55(43,44)50-53(39,40)46-4-8-12(34)14(36)20(48-8)32-6-26-10-16(24)28-22(57-2)30-18(10)32/h5-8,11-14,19-20,33-36H,3-4H2,1-2H3,(H,37,38)(H,39,40)(H,41,42)(H,43,44)(H2,23,27,29)(H2,24,28,30)/t7-,8-,11-,12-,13-,14-,19-,20-/m1/s1. The van der Waals surface area contributed by atoms with Gasteiger partial charge in [0.05, 0.1) is 25.9 Å². The Kier molecular flexibility index (Phi) is 12.9. The molecule has 6 heterocycles. The number of aromatic nitrogens is 8. The van der Waals surface area contributed by atoms with Crippen molar-refractivity contribution in [2.75, 3.05) is 37.2 Å². The Labute approximate surface area is 326 Å². The number of aliphatic hydroxyl groups excluding tert-OH is 4. The molecule has 35 heteroatoms. The highest BCUT2D eigenvalue weighted by atomic mass is 32.2. The van der Waals surface area contributed by atoms with E-state index in [1.807, 2.05) is 0 Å². The van der Waals surface area contributed by atoms with Gasteiger partial charge in [0, 0.05) is 0 Å². The van der Waals surface area contributed by atoms with Gasteiger partial charge >= 0.3 is 31.3 Å². The zero-order valence-corrected chi connectivity index (χ0v) is 33.8. The average molecular weight is 929 g/mol. The van der Waals surface area contributed by atoms with Gasteiger partial charge in [0.1, 0.15) is 47.7 Å². The molecule has 4 aromatic heterocycles. The van der Waals surface area contributed by atoms with Crippen molar-refractivity contribution in [1.82, 2.24) is 39.0 Å². The van der Waals surface area contributed by atoms with Gasteiger partial charge < -0.3 is 60.9 Å². The number of ether oxygens (including phenoxy) is 2. The number of anilines is 2. The highest BCUT2D eigenvalue weighted by Gasteiger charge is 2.50. The Balaban J connectivity index is 1.02. The molecule has 2 aliphatic rings. The third kappa shape index (κ3) is 9.70. The van der Waals surface area contributed by atoms with Gasteiger partial charge in [-0.05, 0) is 12.5 Å². The minimum absolute atomic E-state index is 0.00110. The second kappa shape index (κ2) is 16.6. The third-order valence-corrected chi connectivity index (χ3v) is 14.9. The molecule has 0 saturated carbocycles. The summed E-state index contributed by atoms with van der Waals surface area (Å²) in [6, 6.07) is 0. The van der Waals surface area contributed by atoms with E-state index in [1.54, 1.807) is 12.5 Å². The van der Waals surface area contributed by atoms with E-state index in [4.69, 9.17) is 20.9 Å². The fourth-order valence-corrected chi connectivity index (χ4v) is 11.1. The van der Waals surface area contributed by atoms with Gasteiger partial charge in [-0.1, -0.05) is 23.5 Å². The second-order valence-electron chi connectivity index (χ2n) is 11.6. The molecule has 6 rings (SSSR count). The fourth-order valence-electron chi connectivity index (χ4n) is 5.39. The molecule has 0 amide bonds. The maximum Gasteiger partial charge on any atom is 0.490 e. The molecule has 0 radical (unpaired) electrons. The topological polar surface area (TPSA) is 434 Å². The zero-order chi connectivity index (χ0) is 41.8. The van der Waals surface area contributed by atoms with Crippen molar-refractivity contribution >= 4 is 88.8 Å². The van der Waals surface area contributed by atoms with Gasteiger partial charge in [0.2, 0.25) is 0 Å². The van der Waals surface area contributed by atoms with Crippen LogP contribution < -0.4 is 11.5 Å². The molecule has 2 saturated heterocycles. The van der Waals surface area contributed by atoms with Gasteiger partial charge in [-0.2, -0.15) is 12.9 Å². The van der Waals surface area contributed by atoms with E-state index in [-0.39, 0.29) is 44.3 Å². The molecule has 0 bridgehead atoms. The van der Waals surface area contributed by atoms with E-state index < -0.39 is 93.6 Å². The summed E-state index contributed by atoms with van der Waals surface area (Å²) >= 11 is 2.28. The minimum Gasteiger partial charge on any atom is -0.387 e. The molecular formula is C22H32N10O19P4S2. The molecule has 0 spiro atoms. The molecule has 12 N–H and O–H groups in total. The van der Waals surface area contributed by atoms with Crippen molar-refractivity contribution in [2.24, 2.45) is 0 Å². The highest BCUT2D eigenvalue weighted by molar-refractivity contribution is 7.98. The summed E-state index contributed by atoms with van der Waals surface area (Å²) in [7, 11) is -24.0. The maximum absolute atomic E-state index is 12.5. The summed E-state index contributed by atoms with van der Waals surface area (Å²) in [6.07, 6.45) is -7.48. The van der Waals surface area contributed by atoms with E-state index in [2.05, 4.69) is 51.9 Å². The van der Waals surface area contributed by atoms with Crippen molar-refractivity contribution in [3.63, 3.8) is 0 Å². The Morgan fingerprint density at radius 3 is 1.33 bits per heavy atom. The van der Waals surface area contributed by atoms with Gasteiger partial charge in [0.25, 0.3) is 0 Å². The van der Waals surface area contributed by atoms with E-state index in [1.165, 1.54) is 21.8 Å². The average Bonchev–Trinajstić information content (AvgIpc) is 3.86. The van der Waals surface area contributed by atoms with Crippen LogP contribution in [0.15, 0.2) is 23.0 Å². The molecule has 0 aliphatic carbocycles. The largest absolute Gasteiger partial charge is 0.490 e. The number of aliphatic hydroxyl groups is 4. The van der Waals surface area contributed by atoms with Crippen LogP contribution >= 0.6 is 54.8 Å². The molecule has 2 aliphatic heterocycles. The van der Waals surface area contributed by atoms with Gasteiger partial charge in [0.15, 0.2) is 45.7 Å².